The number of hydrogen-bond acceptors (Lipinski definition) is 4. The molecular weight excluding hydrogens is 402 g/mol. The molecule has 0 atom stereocenters. The van der Waals surface area contributed by atoms with Crippen molar-refractivity contribution in [2.75, 3.05) is 37.7 Å². The van der Waals surface area contributed by atoms with E-state index in [2.05, 4.69) is 11.5 Å². The van der Waals surface area contributed by atoms with Gasteiger partial charge in [-0.25, -0.2) is 8.78 Å². The van der Waals surface area contributed by atoms with E-state index in [4.69, 9.17) is 0 Å². The molecule has 3 heterocycles. The molecule has 1 fully saturated rings. The second-order valence-corrected chi connectivity index (χ2v) is 8.31. The normalized spacial score (nSPS) is 17.1. The summed E-state index contributed by atoms with van der Waals surface area (Å²) >= 11 is 0. The van der Waals surface area contributed by atoms with Gasteiger partial charge in [0.05, 0.1) is 23.5 Å². The summed E-state index contributed by atoms with van der Waals surface area (Å²) in [5.74, 6) is -1.65. The fourth-order valence-corrected chi connectivity index (χ4v) is 4.62. The monoisotopic (exact) mass is 430 g/mol. The van der Waals surface area contributed by atoms with Crippen LogP contribution in [0.25, 0.3) is 0 Å². The molecule has 0 saturated carbocycles. The van der Waals surface area contributed by atoms with Gasteiger partial charge in [0.15, 0.2) is 0 Å². The molecule has 0 spiro atoms. The highest BCUT2D eigenvalue weighted by Gasteiger charge is 2.41. The van der Waals surface area contributed by atoms with Gasteiger partial charge in [-0.15, -0.1) is 0 Å². The van der Waals surface area contributed by atoms with Crippen LogP contribution in [0, 0.1) is 25.5 Å². The zero-order valence-electron chi connectivity index (χ0n) is 18.3. The average Bonchev–Trinajstić information content (AvgIpc) is 3.14. The number of unbranched alkanes of at least 4 members (excludes halogenated alkanes) is 1. The van der Waals surface area contributed by atoms with E-state index in [0.717, 1.165) is 36.8 Å². The molecule has 4 rings (SSSR count). The van der Waals surface area contributed by atoms with Crippen molar-refractivity contribution in [2.24, 2.45) is 0 Å². The number of hydrogen-bond donors (Lipinski definition) is 0. The van der Waals surface area contributed by atoms with Crippen LogP contribution >= 0.6 is 0 Å². The molecule has 2 amide bonds. The largest absolute Gasteiger partial charge is 0.367 e. The van der Waals surface area contributed by atoms with Crippen molar-refractivity contribution in [1.29, 1.82) is 0 Å². The third kappa shape index (κ3) is 3.73. The topological polar surface area (TPSA) is 48.8 Å². The van der Waals surface area contributed by atoms with Gasteiger partial charge in [0.1, 0.15) is 11.6 Å². The van der Waals surface area contributed by atoms with E-state index in [-0.39, 0.29) is 18.5 Å². The summed E-state index contributed by atoms with van der Waals surface area (Å²) in [5.41, 5.74) is 3.16. The molecule has 0 unspecified atom stereocenters. The summed E-state index contributed by atoms with van der Waals surface area (Å²) in [5, 5.41) is 0. The van der Waals surface area contributed by atoms with Crippen LogP contribution in [-0.4, -0.2) is 59.0 Å². The Bertz CT molecular complexity index is 986. The van der Waals surface area contributed by atoms with Crippen molar-refractivity contribution in [3.05, 3.63) is 52.3 Å². The van der Waals surface area contributed by atoms with Crippen LogP contribution in [0.4, 0.5) is 14.5 Å². The lowest BCUT2D eigenvalue weighted by atomic mass is 10.1. The van der Waals surface area contributed by atoms with E-state index in [1.165, 1.54) is 17.0 Å². The molecule has 1 saturated heterocycles. The van der Waals surface area contributed by atoms with Crippen LogP contribution in [0.15, 0.2) is 18.2 Å². The quantitative estimate of drug-likeness (QED) is 0.658. The summed E-state index contributed by atoms with van der Waals surface area (Å²) in [6.07, 6.45) is 2.05. The molecule has 2 aromatic rings. The molecule has 166 valence electrons. The van der Waals surface area contributed by atoms with E-state index in [9.17, 15) is 18.4 Å². The van der Waals surface area contributed by atoms with Crippen molar-refractivity contribution >= 4 is 17.5 Å². The lowest BCUT2D eigenvalue weighted by Gasteiger charge is -2.37. The number of fused-ring (bicyclic) bond motifs is 1. The molecule has 2 aliphatic rings. The Kier molecular flexibility index (Phi) is 5.83. The maximum Gasteiger partial charge on any atom is 0.264 e. The van der Waals surface area contributed by atoms with Crippen LogP contribution < -0.4 is 4.90 Å². The van der Waals surface area contributed by atoms with E-state index in [0.29, 0.717) is 43.0 Å². The van der Waals surface area contributed by atoms with Crippen molar-refractivity contribution in [1.82, 2.24) is 14.4 Å². The summed E-state index contributed by atoms with van der Waals surface area (Å²) in [6, 6.07) is 3.59. The number of piperazine rings is 1. The maximum absolute atomic E-state index is 14.1. The number of amides is 2. The van der Waals surface area contributed by atoms with E-state index < -0.39 is 11.6 Å². The minimum Gasteiger partial charge on any atom is -0.367 e. The molecule has 0 radical (unpaired) electrons. The zero-order chi connectivity index (χ0) is 22.3. The first-order chi connectivity index (χ1) is 14.8. The molecule has 2 aliphatic heterocycles. The molecule has 6 nitrogen and oxygen atoms in total. The van der Waals surface area contributed by atoms with Crippen LogP contribution in [-0.2, 0) is 6.54 Å². The maximum atomic E-state index is 14.1. The highest BCUT2D eigenvalue weighted by molar-refractivity contribution is 6.22. The number of rotatable bonds is 6. The van der Waals surface area contributed by atoms with Crippen molar-refractivity contribution in [2.45, 2.75) is 40.2 Å². The number of aromatic nitrogens is 1. The summed E-state index contributed by atoms with van der Waals surface area (Å²) in [4.78, 5) is 31.4. The Morgan fingerprint density at radius 3 is 2.10 bits per heavy atom. The van der Waals surface area contributed by atoms with E-state index in [1.54, 1.807) is 0 Å². The van der Waals surface area contributed by atoms with Crippen molar-refractivity contribution in [3.8, 4) is 0 Å². The van der Waals surface area contributed by atoms with Gasteiger partial charge in [0.2, 0.25) is 0 Å². The minimum absolute atomic E-state index is 0.222. The van der Waals surface area contributed by atoms with Gasteiger partial charge in [0.25, 0.3) is 11.8 Å². The first-order valence-corrected chi connectivity index (χ1v) is 10.8. The Morgan fingerprint density at radius 1 is 0.935 bits per heavy atom. The number of halogens is 2. The first kappa shape index (κ1) is 21.5. The number of anilines is 1. The summed E-state index contributed by atoms with van der Waals surface area (Å²) in [6.45, 7) is 9.19. The lowest BCUT2D eigenvalue weighted by molar-refractivity contribution is 0.0533. The van der Waals surface area contributed by atoms with E-state index >= 15 is 0 Å². The van der Waals surface area contributed by atoms with E-state index in [1.807, 2.05) is 23.6 Å². The van der Waals surface area contributed by atoms with Crippen LogP contribution in [0.1, 0.15) is 51.9 Å². The molecular formula is C23H28F2N4O2. The number of benzene rings is 1. The Balaban J connectivity index is 1.43. The van der Waals surface area contributed by atoms with Gasteiger partial charge < -0.3 is 9.47 Å². The predicted molar refractivity (Wildman–Crippen MR) is 114 cm³/mol. The van der Waals surface area contributed by atoms with Gasteiger partial charge in [0, 0.05) is 50.2 Å². The predicted octanol–water partition coefficient (Wildman–Crippen LogP) is 3.56. The molecule has 31 heavy (non-hydrogen) atoms. The Labute approximate surface area is 181 Å². The molecule has 1 aromatic carbocycles. The average molecular weight is 430 g/mol. The Hall–Kier alpha value is -2.74. The standard InChI is InChI=1S/C23H28F2N4O2/c1-4-5-8-28-15(2)20-21(16(28)3)23(31)29(22(20)30)14-26-9-11-27(12-10-26)19-7-6-17(24)13-18(19)25/h6-7,13H,4-5,8-12,14H2,1-3H3. The smallest absolute Gasteiger partial charge is 0.264 e. The highest BCUT2D eigenvalue weighted by Crippen LogP contribution is 2.32. The third-order valence-corrected chi connectivity index (χ3v) is 6.40. The molecule has 0 aliphatic carbocycles. The summed E-state index contributed by atoms with van der Waals surface area (Å²) < 4.78 is 29.3. The van der Waals surface area contributed by atoms with Crippen LogP contribution in [0.5, 0.6) is 0 Å². The van der Waals surface area contributed by atoms with Gasteiger partial charge in [-0.05, 0) is 32.4 Å². The molecule has 0 N–H and O–H groups in total. The second kappa shape index (κ2) is 8.42. The fraction of sp³-hybridized carbons (Fsp3) is 0.478. The van der Waals surface area contributed by atoms with Crippen LogP contribution in [0.2, 0.25) is 0 Å². The molecule has 0 bridgehead atoms. The highest BCUT2D eigenvalue weighted by atomic mass is 19.1. The number of nitrogens with zero attached hydrogens (tertiary/aromatic N) is 4. The number of carbonyl (C=O) groups excluding carboxylic acids is 2. The minimum atomic E-state index is -0.598. The van der Waals surface area contributed by atoms with Gasteiger partial charge in [-0.3, -0.25) is 19.4 Å². The van der Waals surface area contributed by atoms with Gasteiger partial charge in [-0.2, -0.15) is 0 Å². The van der Waals surface area contributed by atoms with Gasteiger partial charge in [-0.1, -0.05) is 13.3 Å². The van der Waals surface area contributed by atoms with Crippen molar-refractivity contribution < 1.29 is 18.4 Å². The summed E-state index contributed by atoms with van der Waals surface area (Å²) in [7, 11) is 0. The molecule has 1 aromatic heterocycles. The van der Waals surface area contributed by atoms with Crippen molar-refractivity contribution in [3.63, 3.8) is 0 Å². The number of carbonyl (C=O) groups is 2. The number of imide groups is 1. The van der Waals surface area contributed by atoms with Crippen LogP contribution in [0.3, 0.4) is 0 Å². The van der Waals surface area contributed by atoms with Gasteiger partial charge >= 0.3 is 0 Å². The fourth-order valence-electron chi connectivity index (χ4n) is 4.62. The zero-order valence-corrected chi connectivity index (χ0v) is 18.3. The first-order valence-electron chi connectivity index (χ1n) is 10.8. The lowest BCUT2D eigenvalue weighted by Crippen LogP contribution is -2.51. The Morgan fingerprint density at radius 2 is 1.55 bits per heavy atom. The third-order valence-electron chi connectivity index (χ3n) is 6.40. The second-order valence-electron chi connectivity index (χ2n) is 8.31. The SMILES string of the molecule is CCCCn1c(C)c2c(c1C)C(=O)N(CN1CCN(c3ccc(F)cc3F)CC1)C2=O. The molecule has 8 heteroatoms.